The van der Waals surface area contributed by atoms with E-state index in [0.717, 1.165) is 34.9 Å². The van der Waals surface area contributed by atoms with Gasteiger partial charge in [0.2, 0.25) is 0 Å². The Labute approximate surface area is 248 Å². The molecule has 4 aromatic carbocycles. The largest absolute Gasteiger partial charge is 0.507 e. The molecule has 0 aliphatic carbocycles. The van der Waals surface area contributed by atoms with Crippen LogP contribution in [0.3, 0.4) is 0 Å². The third-order valence-corrected chi connectivity index (χ3v) is 6.53. The van der Waals surface area contributed by atoms with Gasteiger partial charge in [0.25, 0.3) is 0 Å². The summed E-state index contributed by atoms with van der Waals surface area (Å²) in [5.41, 5.74) is 7.32. The zero-order chi connectivity index (χ0) is 26.4. The molecular formula is C35H26N3OPt-. The SMILES string of the molecule is Oc1ccccc1-c1cccc(-c2[c-]c(N(c3ccccc3)c3cc(Cc4ccccc4)ccn3)ccc2)n1.[Pt]. The van der Waals surface area contributed by atoms with Crippen molar-refractivity contribution in [1.82, 2.24) is 9.97 Å². The van der Waals surface area contributed by atoms with Gasteiger partial charge in [-0.05, 0) is 71.4 Å². The van der Waals surface area contributed by atoms with E-state index in [1.165, 1.54) is 11.1 Å². The summed E-state index contributed by atoms with van der Waals surface area (Å²) >= 11 is 0. The number of aromatic hydroxyl groups is 1. The van der Waals surface area contributed by atoms with Gasteiger partial charge in [-0.15, -0.1) is 29.8 Å². The van der Waals surface area contributed by atoms with Crippen LogP contribution in [-0.2, 0) is 27.5 Å². The maximum atomic E-state index is 10.3. The van der Waals surface area contributed by atoms with Crippen molar-refractivity contribution >= 4 is 17.2 Å². The van der Waals surface area contributed by atoms with Gasteiger partial charge in [0.1, 0.15) is 11.6 Å². The fourth-order valence-corrected chi connectivity index (χ4v) is 4.66. The van der Waals surface area contributed by atoms with Crippen LogP contribution in [0, 0.1) is 6.07 Å². The molecule has 5 heteroatoms. The summed E-state index contributed by atoms with van der Waals surface area (Å²) in [6.45, 7) is 0. The standard InChI is InChI=1S/C35H26N3O.Pt/c39-34-20-8-7-17-31(34)33-19-10-18-32(37-33)28-13-9-16-30(25-28)38(29-14-5-2-6-15-29)35-24-27(21-22-36-35)23-26-11-3-1-4-12-26;/h1-22,24,39H,23H2;/q-1;. The van der Waals surface area contributed by atoms with Crippen molar-refractivity contribution in [2.75, 3.05) is 4.90 Å². The molecule has 6 aromatic rings. The zero-order valence-corrected chi connectivity index (χ0v) is 23.9. The van der Waals surface area contributed by atoms with Crippen LogP contribution in [0.5, 0.6) is 5.75 Å². The summed E-state index contributed by atoms with van der Waals surface area (Å²) in [6.07, 6.45) is 2.69. The maximum absolute atomic E-state index is 10.3. The topological polar surface area (TPSA) is 49.2 Å². The van der Waals surface area contributed by atoms with Crippen LogP contribution in [0.15, 0.2) is 140 Å². The second-order valence-corrected chi connectivity index (χ2v) is 9.23. The van der Waals surface area contributed by atoms with Crippen LogP contribution in [-0.4, -0.2) is 15.1 Å². The summed E-state index contributed by atoms with van der Waals surface area (Å²) in [5, 5.41) is 10.3. The number of phenols is 1. The van der Waals surface area contributed by atoms with Gasteiger partial charge >= 0.3 is 0 Å². The third kappa shape index (κ3) is 6.03. The first kappa shape index (κ1) is 27.1. The molecule has 40 heavy (non-hydrogen) atoms. The van der Waals surface area contributed by atoms with Crippen LogP contribution in [0.1, 0.15) is 11.1 Å². The van der Waals surface area contributed by atoms with E-state index in [1.807, 2.05) is 79.0 Å². The molecule has 1 N–H and O–H groups in total. The second-order valence-electron chi connectivity index (χ2n) is 9.23. The zero-order valence-electron chi connectivity index (χ0n) is 21.6. The first-order valence-electron chi connectivity index (χ1n) is 12.9. The Morgan fingerprint density at radius 2 is 1.35 bits per heavy atom. The Kier molecular flexibility index (Phi) is 8.49. The van der Waals surface area contributed by atoms with Crippen LogP contribution in [0.2, 0.25) is 0 Å². The van der Waals surface area contributed by atoms with Crippen molar-refractivity contribution in [2.45, 2.75) is 6.42 Å². The molecule has 4 nitrogen and oxygen atoms in total. The first-order chi connectivity index (χ1) is 19.2. The van der Waals surface area contributed by atoms with Crippen molar-refractivity contribution in [2.24, 2.45) is 0 Å². The Bertz CT molecular complexity index is 1710. The Morgan fingerprint density at radius 3 is 2.15 bits per heavy atom. The van der Waals surface area contributed by atoms with Gasteiger partial charge in [0.15, 0.2) is 0 Å². The van der Waals surface area contributed by atoms with Gasteiger partial charge in [-0.3, -0.25) is 4.98 Å². The minimum Gasteiger partial charge on any atom is -0.507 e. The van der Waals surface area contributed by atoms with Gasteiger partial charge in [0, 0.05) is 38.5 Å². The fourth-order valence-electron chi connectivity index (χ4n) is 4.66. The number of rotatable bonds is 7. The van der Waals surface area contributed by atoms with Gasteiger partial charge in [-0.2, -0.15) is 0 Å². The predicted molar refractivity (Wildman–Crippen MR) is 157 cm³/mol. The molecule has 2 heterocycles. The molecule has 0 unspecified atom stereocenters. The third-order valence-electron chi connectivity index (χ3n) is 6.53. The van der Waals surface area contributed by atoms with Gasteiger partial charge in [-0.1, -0.05) is 72.8 Å². The average molecular weight is 700 g/mol. The summed E-state index contributed by atoms with van der Waals surface area (Å²) in [5.74, 6) is 1.02. The smallest absolute Gasteiger partial charge is 0.136 e. The van der Waals surface area contributed by atoms with E-state index in [-0.39, 0.29) is 26.8 Å². The van der Waals surface area contributed by atoms with E-state index in [2.05, 4.69) is 59.5 Å². The number of anilines is 3. The minimum absolute atomic E-state index is 0. The normalized spacial score (nSPS) is 10.5. The second kappa shape index (κ2) is 12.5. The summed E-state index contributed by atoms with van der Waals surface area (Å²) < 4.78 is 0. The van der Waals surface area contributed by atoms with Crippen molar-refractivity contribution in [3.05, 3.63) is 157 Å². The Balaban J connectivity index is 0.00000323. The van der Waals surface area contributed by atoms with Crippen LogP contribution >= 0.6 is 0 Å². The van der Waals surface area contributed by atoms with E-state index in [9.17, 15) is 5.11 Å². The van der Waals surface area contributed by atoms with Crippen molar-refractivity contribution in [3.8, 4) is 28.3 Å². The minimum atomic E-state index is 0. The maximum Gasteiger partial charge on any atom is 0.136 e. The fraction of sp³-hybridized carbons (Fsp3) is 0.0286. The Morgan fingerprint density at radius 1 is 0.650 bits per heavy atom. The molecule has 2 aromatic heterocycles. The van der Waals surface area contributed by atoms with Crippen LogP contribution < -0.4 is 4.90 Å². The number of aromatic nitrogens is 2. The first-order valence-corrected chi connectivity index (χ1v) is 12.9. The molecule has 6 rings (SSSR count). The molecule has 0 fully saturated rings. The van der Waals surface area contributed by atoms with Gasteiger partial charge in [-0.25, -0.2) is 4.98 Å². The predicted octanol–water partition coefficient (Wildman–Crippen LogP) is 8.37. The molecule has 0 saturated carbocycles. The average Bonchev–Trinajstić information content (AvgIpc) is 2.99. The number of hydrogen-bond donors (Lipinski definition) is 1. The summed E-state index contributed by atoms with van der Waals surface area (Å²) in [4.78, 5) is 11.7. The van der Waals surface area contributed by atoms with E-state index < -0.39 is 0 Å². The Hall–Kier alpha value is -4.53. The summed E-state index contributed by atoms with van der Waals surface area (Å²) in [6, 6.07) is 47.6. The molecule has 0 spiro atoms. The molecule has 0 aliphatic heterocycles. The number of para-hydroxylation sites is 2. The van der Waals surface area contributed by atoms with Crippen molar-refractivity contribution in [1.29, 1.82) is 0 Å². The number of phenolic OH excluding ortho intramolecular Hbond substituents is 1. The molecular weight excluding hydrogens is 673 g/mol. The number of hydrogen-bond acceptors (Lipinski definition) is 4. The van der Waals surface area contributed by atoms with Gasteiger partial charge < -0.3 is 10.0 Å². The van der Waals surface area contributed by atoms with E-state index in [0.29, 0.717) is 11.3 Å². The number of pyridine rings is 2. The molecule has 0 aliphatic rings. The molecule has 0 saturated heterocycles. The van der Waals surface area contributed by atoms with E-state index in [1.54, 1.807) is 12.1 Å². The van der Waals surface area contributed by atoms with Gasteiger partial charge in [0.05, 0.1) is 5.69 Å². The van der Waals surface area contributed by atoms with Crippen molar-refractivity contribution < 1.29 is 26.2 Å². The molecule has 0 radical (unpaired) electrons. The quantitative estimate of drug-likeness (QED) is 0.170. The van der Waals surface area contributed by atoms with Crippen LogP contribution in [0.4, 0.5) is 17.2 Å². The summed E-state index contributed by atoms with van der Waals surface area (Å²) in [7, 11) is 0. The van der Waals surface area contributed by atoms with Crippen LogP contribution in [0.25, 0.3) is 22.5 Å². The molecule has 0 atom stereocenters. The van der Waals surface area contributed by atoms with E-state index in [4.69, 9.17) is 9.97 Å². The molecule has 0 amide bonds. The number of benzene rings is 4. The monoisotopic (exact) mass is 699 g/mol. The van der Waals surface area contributed by atoms with E-state index >= 15 is 0 Å². The number of nitrogens with zero attached hydrogens (tertiary/aromatic N) is 3. The van der Waals surface area contributed by atoms with Crippen molar-refractivity contribution in [3.63, 3.8) is 0 Å². The molecule has 198 valence electrons. The molecule has 0 bridgehead atoms.